The van der Waals surface area contributed by atoms with Gasteiger partial charge in [0.15, 0.2) is 0 Å². The number of hydrazone groups is 1. The fourth-order valence-electron chi connectivity index (χ4n) is 2.08. The Morgan fingerprint density at radius 1 is 0.920 bits per heavy atom. The number of allylic oxidation sites excluding steroid dienone is 1. The highest BCUT2D eigenvalue weighted by atomic mass is 15.4. The summed E-state index contributed by atoms with van der Waals surface area (Å²) in [4.78, 5) is 0. The summed E-state index contributed by atoms with van der Waals surface area (Å²) in [7, 11) is 3.94. The minimum absolute atomic E-state index is 1.06. The zero-order valence-corrected chi connectivity index (χ0v) is 19.1. The first kappa shape index (κ1) is 28.2. The number of aryl methyl sites for hydroxylation is 2. The van der Waals surface area contributed by atoms with E-state index in [2.05, 4.69) is 44.1 Å². The van der Waals surface area contributed by atoms with Crippen LogP contribution in [0.1, 0.15) is 86.4 Å². The molecular formula is C21H44N4. The normalized spacial score (nSPS) is 11.8. The Morgan fingerprint density at radius 2 is 1.44 bits per heavy atom. The molecule has 0 aliphatic carbocycles. The molecule has 0 atom stereocenters. The molecule has 0 fully saturated rings. The van der Waals surface area contributed by atoms with E-state index in [0.29, 0.717) is 0 Å². The van der Waals surface area contributed by atoms with E-state index in [1.807, 2.05) is 71.5 Å². The van der Waals surface area contributed by atoms with E-state index in [-0.39, 0.29) is 0 Å². The first-order valence-corrected chi connectivity index (χ1v) is 9.91. The summed E-state index contributed by atoms with van der Waals surface area (Å²) >= 11 is 0. The van der Waals surface area contributed by atoms with Crippen LogP contribution >= 0.6 is 0 Å². The van der Waals surface area contributed by atoms with Crippen LogP contribution in [-0.4, -0.2) is 27.5 Å². The molecule has 4 nitrogen and oxygen atoms in total. The van der Waals surface area contributed by atoms with E-state index in [1.165, 1.54) is 22.5 Å². The topological polar surface area (TPSA) is 33.4 Å². The van der Waals surface area contributed by atoms with Crippen molar-refractivity contribution in [1.82, 2.24) is 14.8 Å². The monoisotopic (exact) mass is 352 g/mol. The average molecular weight is 353 g/mol. The van der Waals surface area contributed by atoms with Gasteiger partial charge in [-0.05, 0) is 37.8 Å². The zero-order valence-electron chi connectivity index (χ0n) is 19.1. The lowest BCUT2D eigenvalue weighted by atomic mass is 10.1. The van der Waals surface area contributed by atoms with Gasteiger partial charge in [-0.1, -0.05) is 55.4 Å². The molecule has 0 amide bonds. The molecule has 4 heteroatoms. The number of nitrogens with zero attached hydrogens (tertiary/aromatic N) is 4. The van der Waals surface area contributed by atoms with Crippen molar-refractivity contribution in [3.63, 3.8) is 0 Å². The van der Waals surface area contributed by atoms with Crippen molar-refractivity contribution >= 4 is 5.71 Å². The van der Waals surface area contributed by atoms with Crippen LogP contribution in [0.5, 0.6) is 0 Å². The third-order valence-corrected chi connectivity index (χ3v) is 3.35. The molecule has 2 rings (SSSR count). The van der Waals surface area contributed by atoms with Gasteiger partial charge >= 0.3 is 0 Å². The summed E-state index contributed by atoms with van der Waals surface area (Å²) in [5, 5.41) is 10.2. The fraction of sp³-hybridized carbons (Fsp3) is 0.714. The molecule has 0 radical (unpaired) electrons. The van der Waals surface area contributed by atoms with Gasteiger partial charge in [-0.25, -0.2) is 0 Å². The highest BCUT2D eigenvalue weighted by molar-refractivity contribution is 5.84. The minimum atomic E-state index is 1.06. The van der Waals surface area contributed by atoms with Gasteiger partial charge in [-0.2, -0.15) is 10.2 Å². The standard InChI is InChI=1S/C8H14N2.C7H12N2.3C2H6/c1-4-8-5-7(2)9-10(3)6-8;1-4-7-5-8-9(3)6(7)2;3*1-2/h6H,4-5H2,1-3H3;5H,4H2,1-3H3;3*1-2H3. The second-order valence-electron chi connectivity index (χ2n) is 4.96. The molecule has 1 aliphatic rings. The quantitative estimate of drug-likeness (QED) is 0.620. The zero-order chi connectivity index (χ0) is 20.4. The first-order valence-electron chi connectivity index (χ1n) is 9.91. The van der Waals surface area contributed by atoms with Gasteiger partial charge in [0.25, 0.3) is 0 Å². The summed E-state index contributed by atoms with van der Waals surface area (Å²) in [6, 6.07) is 0. The SMILES string of the molecule is CC.CC.CC.CCC1=CN(C)N=C(C)C1.CCc1cnn(C)c1C. The van der Waals surface area contributed by atoms with E-state index < -0.39 is 0 Å². The van der Waals surface area contributed by atoms with Gasteiger partial charge in [0.2, 0.25) is 0 Å². The summed E-state index contributed by atoms with van der Waals surface area (Å²) in [5.41, 5.74) is 5.30. The maximum atomic E-state index is 4.25. The molecular weight excluding hydrogens is 308 g/mol. The Labute approximate surface area is 158 Å². The molecule has 0 saturated heterocycles. The van der Waals surface area contributed by atoms with Gasteiger partial charge in [0.1, 0.15) is 0 Å². The summed E-state index contributed by atoms with van der Waals surface area (Å²) in [5.74, 6) is 0. The maximum absolute atomic E-state index is 4.25. The molecule has 0 N–H and O–H groups in total. The first-order chi connectivity index (χ1) is 12.0. The molecule has 0 bridgehead atoms. The number of hydrogen-bond acceptors (Lipinski definition) is 3. The van der Waals surface area contributed by atoms with Crippen LogP contribution in [0, 0.1) is 6.92 Å². The lowest BCUT2D eigenvalue weighted by Crippen LogP contribution is -2.13. The van der Waals surface area contributed by atoms with Crippen molar-refractivity contribution in [2.75, 3.05) is 7.05 Å². The van der Waals surface area contributed by atoms with Crippen molar-refractivity contribution in [2.45, 2.75) is 88.5 Å². The molecule has 1 aliphatic heterocycles. The van der Waals surface area contributed by atoms with Gasteiger partial charge in [0.05, 0.1) is 6.20 Å². The smallest absolute Gasteiger partial charge is 0.0524 e. The number of rotatable bonds is 2. The van der Waals surface area contributed by atoms with E-state index in [1.54, 1.807) is 0 Å². The third-order valence-electron chi connectivity index (χ3n) is 3.35. The predicted octanol–water partition coefficient (Wildman–Crippen LogP) is 6.36. The van der Waals surface area contributed by atoms with E-state index in [0.717, 1.165) is 19.3 Å². The van der Waals surface area contributed by atoms with Gasteiger partial charge in [-0.15, -0.1) is 0 Å². The Bertz CT molecular complexity index is 470. The highest BCUT2D eigenvalue weighted by Crippen LogP contribution is 2.13. The molecule has 0 unspecified atom stereocenters. The van der Waals surface area contributed by atoms with E-state index in [4.69, 9.17) is 0 Å². The van der Waals surface area contributed by atoms with Crippen LogP contribution < -0.4 is 0 Å². The van der Waals surface area contributed by atoms with Crippen LogP contribution in [0.15, 0.2) is 23.1 Å². The van der Waals surface area contributed by atoms with Crippen LogP contribution in [0.3, 0.4) is 0 Å². The third kappa shape index (κ3) is 12.4. The van der Waals surface area contributed by atoms with Gasteiger partial charge < -0.3 is 0 Å². The van der Waals surface area contributed by atoms with E-state index in [9.17, 15) is 0 Å². The van der Waals surface area contributed by atoms with Crippen molar-refractivity contribution in [1.29, 1.82) is 0 Å². The largest absolute Gasteiger partial charge is 0.276 e. The Balaban J connectivity index is -0.000000299. The minimum Gasteiger partial charge on any atom is -0.276 e. The molecule has 0 spiro atoms. The van der Waals surface area contributed by atoms with Crippen LogP contribution in [0.4, 0.5) is 0 Å². The molecule has 148 valence electrons. The fourth-order valence-corrected chi connectivity index (χ4v) is 2.08. The van der Waals surface area contributed by atoms with Crippen LogP contribution in [0.25, 0.3) is 0 Å². The Morgan fingerprint density at radius 3 is 1.72 bits per heavy atom. The molecule has 0 aromatic carbocycles. The molecule has 0 saturated carbocycles. The number of aromatic nitrogens is 2. The average Bonchev–Trinajstić information content (AvgIpc) is 2.98. The highest BCUT2D eigenvalue weighted by Gasteiger charge is 2.04. The Kier molecular flexibility index (Phi) is 21.2. The second-order valence-corrected chi connectivity index (χ2v) is 4.96. The second kappa shape index (κ2) is 18.8. The van der Waals surface area contributed by atoms with Crippen molar-refractivity contribution < 1.29 is 0 Å². The molecule has 1 aromatic heterocycles. The summed E-state index contributed by atoms with van der Waals surface area (Å²) in [6.45, 7) is 20.5. The predicted molar refractivity (Wildman–Crippen MR) is 115 cm³/mol. The molecule has 25 heavy (non-hydrogen) atoms. The van der Waals surface area contributed by atoms with Crippen molar-refractivity contribution in [3.8, 4) is 0 Å². The van der Waals surface area contributed by atoms with Crippen molar-refractivity contribution in [2.24, 2.45) is 12.1 Å². The van der Waals surface area contributed by atoms with Crippen LogP contribution in [0.2, 0.25) is 0 Å². The van der Waals surface area contributed by atoms with Crippen molar-refractivity contribution in [3.05, 3.63) is 29.2 Å². The van der Waals surface area contributed by atoms with Gasteiger partial charge in [0, 0.05) is 38.1 Å². The molecule has 1 aromatic rings. The lowest BCUT2D eigenvalue weighted by Gasteiger charge is -2.17. The lowest BCUT2D eigenvalue weighted by molar-refractivity contribution is 0.473. The van der Waals surface area contributed by atoms with Crippen LogP contribution in [-0.2, 0) is 13.5 Å². The summed E-state index contributed by atoms with van der Waals surface area (Å²) < 4.78 is 1.90. The van der Waals surface area contributed by atoms with E-state index >= 15 is 0 Å². The maximum Gasteiger partial charge on any atom is 0.0524 e. The summed E-state index contributed by atoms with van der Waals surface area (Å²) in [6.07, 6.45) is 7.31. The molecule has 2 heterocycles. The van der Waals surface area contributed by atoms with Gasteiger partial charge in [-0.3, -0.25) is 9.69 Å². The Hall–Kier alpha value is -1.58. The number of hydrogen-bond donors (Lipinski definition) is 0.